The molecule has 1 saturated carbocycles. The Morgan fingerprint density at radius 3 is 2.22 bits per heavy atom. The third-order valence-electron chi connectivity index (χ3n) is 3.34. The molecule has 0 saturated heterocycles. The van der Waals surface area contributed by atoms with E-state index in [0.717, 1.165) is 19.3 Å². The zero-order valence-corrected chi connectivity index (χ0v) is 12.2. The largest absolute Gasteiger partial charge is 0.460 e. The maximum Gasteiger partial charge on any atom is 0.306 e. The summed E-state index contributed by atoms with van der Waals surface area (Å²) >= 11 is 0. The molecular weight excluding hydrogens is 224 g/mol. The monoisotopic (exact) mass is 250 g/mol. The van der Waals surface area contributed by atoms with Crippen LogP contribution >= 0.6 is 0 Å². The predicted molar refractivity (Wildman–Crippen MR) is 75.2 cm³/mol. The number of rotatable bonds is 4. The summed E-state index contributed by atoms with van der Waals surface area (Å²) in [7, 11) is 0. The third-order valence-corrected chi connectivity index (χ3v) is 3.34. The van der Waals surface area contributed by atoms with Crippen LogP contribution in [0, 0.1) is 11.8 Å². The molecule has 1 aliphatic carbocycles. The van der Waals surface area contributed by atoms with Gasteiger partial charge in [0.05, 0.1) is 6.42 Å². The van der Waals surface area contributed by atoms with Crippen molar-refractivity contribution in [3.63, 3.8) is 0 Å². The summed E-state index contributed by atoms with van der Waals surface area (Å²) in [5.74, 6) is 0.698. The quantitative estimate of drug-likeness (QED) is 0.550. The van der Waals surface area contributed by atoms with E-state index < -0.39 is 5.60 Å². The van der Waals surface area contributed by atoms with Crippen molar-refractivity contribution < 1.29 is 9.53 Å². The van der Waals surface area contributed by atoms with Crippen LogP contribution < -0.4 is 0 Å². The lowest BCUT2D eigenvalue weighted by Gasteiger charge is -2.21. The van der Waals surface area contributed by atoms with Crippen molar-refractivity contribution >= 4 is 5.97 Å². The van der Waals surface area contributed by atoms with E-state index >= 15 is 0 Å². The molecule has 0 N–H and O–H groups in total. The molecule has 1 aliphatic rings. The SMILES string of the molecule is C=C(C)CC1CCC(CC(=O)OC(C)(C)C)C1=C. The predicted octanol–water partition coefficient (Wildman–Crippen LogP) is 4.27. The van der Waals surface area contributed by atoms with Gasteiger partial charge in [0.25, 0.3) is 0 Å². The van der Waals surface area contributed by atoms with Crippen molar-refractivity contribution in [3.05, 3.63) is 24.3 Å². The molecule has 0 aromatic heterocycles. The van der Waals surface area contributed by atoms with E-state index in [-0.39, 0.29) is 5.97 Å². The Labute approximate surface area is 111 Å². The molecule has 1 fully saturated rings. The van der Waals surface area contributed by atoms with E-state index in [0.29, 0.717) is 18.3 Å². The first-order valence-electron chi connectivity index (χ1n) is 6.74. The van der Waals surface area contributed by atoms with Gasteiger partial charge in [-0.1, -0.05) is 17.7 Å². The molecule has 0 spiro atoms. The summed E-state index contributed by atoms with van der Waals surface area (Å²) in [4.78, 5) is 11.8. The molecule has 0 aliphatic heterocycles. The normalized spacial score (nSPS) is 24.1. The van der Waals surface area contributed by atoms with Crippen LogP contribution in [0.25, 0.3) is 0 Å². The molecule has 2 nitrogen and oxygen atoms in total. The molecule has 0 aromatic carbocycles. The highest BCUT2D eigenvalue weighted by atomic mass is 16.6. The van der Waals surface area contributed by atoms with Gasteiger partial charge in [0.1, 0.15) is 5.60 Å². The Kier molecular flexibility index (Phi) is 4.78. The van der Waals surface area contributed by atoms with Gasteiger partial charge in [-0.2, -0.15) is 0 Å². The van der Waals surface area contributed by atoms with Gasteiger partial charge in [0.2, 0.25) is 0 Å². The topological polar surface area (TPSA) is 26.3 Å². The lowest BCUT2D eigenvalue weighted by molar-refractivity contribution is -0.155. The fourth-order valence-corrected chi connectivity index (χ4v) is 2.58. The molecule has 1 rings (SSSR count). The first kappa shape index (κ1) is 15.0. The fraction of sp³-hybridized carbons (Fsp3) is 0.688. The summed E-state index contributed by atoms with van der Waals surface area (Å²) in [6.07, 6.45) is 3.65. The zero-order valence-electron chi connectivity index (χ0n) is 12.2. The standard InChI is InChI=1S/C16H26O2/c1-11(2)9-13-7-8-14(12(13)3)10-15(17)18-16(4,5)6/h13-14H,1,3,7-10H2,2,4-6H3. The molecule has 18 heavy (non-hydrogen) atoms. The second kappa shape index (κ2) is 5.73. The van der Waals surface area contributed by atoms with Gasteiger partial charge in [-0.25, -0.2) is 0 Å². The van der Waals surface area contributed by atoms with Crippen LogP contribution in [0.2, 0.25) is 0 Å². The van der Waals surface area contributed by atoms with Crippen molar-refractivity contribution in [3.8, 4) is 0 Å². The van der Waals surface area contributed by atoms with Gasteiger partial charge in [0, 0.05) is 0 Å². The summed E-state index contributed by atoms with van der Waals surface area (Å²) in [5, 5.41) is 0. The number of allylic oxidation sites excluding steroid dienone is 2. The molecule has 2 unspecified atom stereocenters. The van der Waals surface area contributed by atoms with Crippen LogP contribution in [0.1, 0.15) is 53.4 Å². The number of hydrogen-bond acceptors (Lipinski definition) is 2. The van der Waals surface area contributed by atoms with Crippen molar-refractivity contribution in [2.45, 2.75) is 59.0 Å². The lowest BCUT2D eigenvalue weighted by Crippen LogP contribution is -2.25. The van der Waals surface area contributed by atoms with Crippen LogP contribution in [0.15, 0.2) is 24.3 Å². The molecule has 0 radical (unpaired) electrons. The van der Waals surface area contributed by atoms with Gasteiger partial charge in [0.15, 0.2) is 0 Å². The molecule has 2 atom stereocenters. The number of esters is 1. The third kappa shape index (κ3) is 4.67. The van der Waals surface area contributed by atoms with E-state index in [2.05, 4.69) is 20.1 Å². The lowest BCUT2D eigenvalue weighted by atomic mass is 9.92. The summed E-state index contributed by atoms with van der Waals surface area (Å²) in [5.41, 5.74) is 2.01. The van der Waals surface area contributed by atoms with Crippen LogP contribution in [-0.4, -0.2) is 11.6 Å². The number of ether oxygens (including phenoxy) is 1. The minimum Gasteiger partial charge on any atom is -0.460 e. The van der Waals surface area contributed by atoms with E-state index in [1.807, 2.05) is 20.8 Å². The van der Waals surface area contributed by atoms with Gasteiger partial charge in [-0.3, -0.25) is 4.79 Å². The summed E-state index contributed by atoms with van der Waals surface area (Å²) < 4.78 is 5.37. The van der Waals surface area contributed by atoms with Crippen molar-refractivity contribution in [1.29, 1.82) is 0 Å². The molecule has 0 aromatic rings. The Morgan fingerprint density at radius 1 is 1.28 bits per heavy atom. The zero-order chi connectivity index (χ0) is 13.9. The van der Waals surface area contributed by atoms with Crippen LogP contribution in [0.3, 0.4) is 0 Å². The number of hydrogen-bond donors (Lipinski definition) is 0. The Bertz CT molecular complexity index is 347. The van der Waals surface area contributed by atoms with Gasteiger partial charge in [-0.05, 0) is 58.8 Å². The second-order valence-corrected chi connectivity index (χ2v) is 6.50. The van der Waals surface area contributed by atoms with Crippen molar-refractivity contribution in [2.75, 3.05) is 0 Å². The first-order valence-corrected chi connectivity index (χ1v) is 6.74. The highest BCUT2D eigenvalue weighted by Gasteiger charge is 2.31. The van der Waals surface area contributed by atoms with Crippen LogP contribution in [-0.2, 0) is 9.53 Å². The van der Waals surface area contributed by atoms with E-state index in [4.69, 9.17) is 4.74 Å². The van der Waals surface area contributed by atoms with Crippen molar-refractivity contribution in [2.24, 2.45) is 11.8 Å². The van der Waals surface area contributed by atoms with E-state index in [9.17, 15) is 4.79 Å². The van der Waals surface area contributed by atoms with Gasteiger partial charge < -0.3 is 4.74 Å². The highest BCUT2D eigenvalue weighted by molar-refractivity contribution is 5.70. The van der Waals surface area contributed by atoms with Gasteiger partial charge >= 0.3 is 5.97 Å². The second-order valence-electron chi connectivity index (χ2n) is 6.50. The Hall–Kier alpha value is -1.05. The van der Waals surface area contributed by atoms with E-state index in [1.54, 1.807) is 0 Å². The van der Waals surface area contributed by atoms with Crippen LogP contribution in [0.5, 0.6) is 0 Å². The summed E-state index contributed by atoms with van der Waals surface area (Å²) in [6.45, 7) is 15.9. The summed E-state index contributed by atoms with van der Waals surface area (Å²) in [6, 6.07) is 0. The molecule has 2 heteroatoms. The molecule has 0 heterocycles. The fourth-order valence-electron chi connectivity index (χ4n) is 2.58. The average Bonchev–Trinajstić information content (AvgIpc) is 2.46. The smallest absolute Gasteiger partial charge is 0.306 e. The molecule has 102 valence electrons. The maximum absolute atomic E-state index is 11.8. The average molecular weight is 250 g/mol. The van der Waals surface area contributed by atoms with Gasteiger partial charge in [-0.15, -0.1) is 6.58 Å². The Balaban J connectivity index is 2.48. The molecule has 0 amide bonds. The first-order chi connectivity index (χ1) is 8.19. The number of carbonyl (C=O) groups excluding carboxylic acids is 1. The maximum atomic E-state index is 11.8. The molecular formula is C16H26O2. The minimum atomic E-state index is -0.395. The van der Waals surface area contributed by atoms with Crippen molar-refractivity contribution in [1.82, 2.24) is 0 Å². The minimum absolute atomic E-state index is 0.107. The van der Waals surface area contributed by atoms with E-state index in [1.165, 1.54) is 11.1 Å². The Morgan fingerprint density at radius 2 is 1.78 bits per heavy atom. The number of carbonyl (C=O) groups is 1. The highest BCUT2D eigenvalue weighted by Crippen LogP contribution is 2.40. The molecule has 0 bridgehead atoms. The van der Waals surface area contributed by atoms with Crippen LogP contribution in [0.4, 0.5) is 0 Å².